The monoisotopic (exact) mass is 309 g/mol. The first-order valence-electron chi connectivity index (χ1n) is 6.70. The Hall–Kier alpha value is -0.830. The summed E-state index contributed by atoms with van der Waals surface area (Å²) >= 11 is 3.61. The fourth-order valence-corrected chi connectivity index (χ4v) is 2.78. The Kier molecular flexibility index (Phi) is 4.44. The number of halogens is 1. The van der Waals surface area contributed by atoms with Gasteiger partial charge in [0, 0.05) is 22.6 Å². The maximum atomic E-state index is 11.4. The fourth-order valence-electron chi connectivity index (χ4n) is 2.17. The molecular formula is C15H20BrNO. The number of nitrogens with zero attached hydrogens (tertiary/aromatic N) is 1. The number of carbonyl (C=O) groups is 1. The van der Waals surface area contributed by atoms with Crippen molar-refractivity contribution in [3.8, 4) is 0 Å². The van der Waals surface area contributed by atoms with Crippen LogP contribution in [0.4, 0.5) is 5.69 Å². The minimum atomic E-state index is 0.119. The fraction of sp³-hybridized carbons (Fsp3) is 0.533. The van der Waals surface area contributed by atoms with Crippen LogP contribution in [0.3, 0.4) is 0 Å². The molecule has 2 nitrogen and oxygen atoms in total. The molecule has 1 aromatic carbocycles. The summed E-state index contributed by atoms with van der Waals surface area (Å²) in [6, 6.07) is 6.66. The number of hydrogen-bond donors (Lipinski definition) is 0. The molecule has 0 radical (unpaired) electrons. The number of ketones is 1. The van der Waals surface area contributed by atoms with Gasteiger partial charge < -0.3 is 4.90 Å². The van der Waals surface area contributed by atoms with Crippen LogP contribution in [0.5, 0.6) is 0 Å². The van der Waals surface area contributed by atoms with Crippen LogP contribution < -0.4 is 4.90 Å². The van der Waals surface area contributed by atoms with Crippen LogP contribution >= 0.6 is 15.9 Å². The molecule has 0 bridgehead atoms. The lowest BCUT2D eigenvalue weighted by molar-refractivity contribution is 0.101. The summed E-state index contributed by atoms with van der Waals surface area (Å²) in [6.45, 7) is 4.94. The number of rotatable bonds is 6. The predicted molar refractivity (Wildman–Crippen MR) is 79.4 cm³/mol. The predicted octanol–water partition coefficient (Wildman–Crippen LogP) is 4.42. The van der Waals surface area contributed by atoms with E-state index in [1.165, 1.54) is 31.4 Å². The van der Waals surface area contributed by atoms with E-state index >= 15 is 0 Å². The number of unbranched alkanes of at least 4 members (excludes halogenated alkanes) is 1. The standard InChI is InChI=1S/C15H20BrNO/c1-3-4-9-17(13-6-7-13)15-8-5-12(11(2)18)10-14(15)16/h5,8,10,13H,3-4,6-7,9H2,1-2H3. The van der Waals surface area contributed by atoms with Crippen molar-refractivity contribution in [3.05, 3.63) is 28.2 Å². The van der Waals surface area contributed by atoms with E-state index in [9.17, 15) is 4.79 Å². The summed E-state index contributed by atoms with van der Waals surface area (Å²) in [6.07, 6.45) is 5.03. The minimum absolute atomic E-state index is 0.119. The topological polar surface area (TPSA) is 20.3 Å². The van der Waals surface area contributed by atoms with Gasteiger partial charge in [-0.05, 0) is 60.3 Å². The number of anilines is 1. The van der Waals surface area contributed by atoms with Crippen molar-refractivity contribution in [3.63, 3.8) is 0 Å². The zero-order valence-electron chi connectivity index (χ0n) is 11.1. The molecule has 2 rings (SSSR count). The van der Waals surface area contributed by atoms with Crippen LogP contribution in [0.15, 0.2) is 22.7 Å². The van der Waals surface area contributed by atoms with Gasteiger partial charge in [-0.25, -0.2) is 0 Å². The van der Waals surface area contributed by atoms with Gasteiger partial charge in [-0.15, -0.1) is 0 Å². The van der Waals surface area contributed by atoms with Crippen molar-refractivity contribution in [2.75, 3.05) is 11.4 Å². The van der Waals surface area contributed by atoms with Crippen LogP contribution in [0, 0.1) is 0 Å². The lowest BCUT2D eigenvalue weighted by atomic mass is 10.1. The first-order valence-corrected chi connectivity index (χ1v) is 7.50. The van der Waals surface area contributed by atoms with Gasteiger partial charge in [-0.1, -0.05) is 13.3 Å². The molecule has 1 fully saturated rings. The van der Waals surface area contributed by atoms with Crippen molar-refractivity contribution in [2.24, 2.45) is 0 Å². The van der Waals surface area contributed by atoms with Gasteiger partial charge in [0.05, 0.1) is 5.69 Å². The number of hydrogen-bond acceptors (Lipinski definition) is 2. The molecule has 18 heavy (non-hydrogen) atoms. The van der Waals surface area contributed by atoms with Crippen molar-refractivity contribution in [2.45, 2.75) is 45.6 Å². The molecule has 0 spiro atoms. The summed E-state index contributed by atoms with van der Waals surface area (Å²) in [7, 11) is 0. The second-order valence-electron chi connectivity index (χ2n) is 5.00. The summed E-state index contributed by atoms with van der Waals surface area (Å²) in [5.74, 6) is 0.119. The van der Waals surface area contributed by atoms with Gasteiger partial charge in [-0.3, -0.25) is 4.79 Å². The number of benzene rings is 1. The van der Waals surface area contributed by atoms with Gasteiger partial charge in [0.2, 0.25) is 0 Å². The van der Waals surface area contributed by atoms with E-state index in [-0.39, 0.29) is 5.78 Å². The Balaban J connectivity index is 2.21. The lowest BCUT2D eigenvalue weighted by Crippen LogP contribution is -2.27. The Bertz CT molecular complexity index is 440. The molecule has 0 unspecified atom stereocenters. The minimum Gasteiger partial charge on any atom is -0.368 e. The molecule has 1 saturated carbocycles. The molecule has 98 valence electrons. The van der Waals surface area contributed by atoms with Crippen LogP contribution in [0.1, 0.15) is 49.9 Å². The van der Waals surface area contributed by atoms with E-state index in [0.717, 1.165) is 16.6 Å². The highest BCUT2D eigenvalue weighted by Crippen LogP contribution is 2.36. The summed E-state index contributed by atoms with van der Waals surface area (Å²) in [5, 5.41) is 0. The Labute approximate surface area is 117 Å². The van der Waals surface area contributed by atoms with Gasteiger partial charge >= 0.3 is 0 Å². The normalized spacial score (nSPS) is 14.6. The number of carbonyl (C=O) groups excluding carboxylic acids is 1. The molecule has 0 amide bonds. The molecule has 0 aromatic heterocycles. The van der Waals surface area contributed by atoms with E-state index in [1.807, 2.05) is 12.1 Å². The highest BCUT2D eigenvalue weighted by atomic mass is 79.9. The Morgan fingerprint density at radius 2 is 2.17 bits per heavy atom. The first kappa shape index (κ1) is 13.6. The summed E-state index contributed by atoms with van der Waals surface area (Å²) < 4.78 is 1.04. The Morgan fingerprint density at radius 3 is 2.67 bits per heavy atom. The molecule has 0 heterocycles. The SMILES string of the molecule is CCCCN(c1ccc(C(C)=O)cc1Br)C1CC1. The molecule has 1 aliphatic carbocycles. The second kappa shape index (κ2) is 5.87. The average Bonchev–Trinajstić information content (AvgIpc) is 3.15. The number of Topliss-reactive ketones (excluding diaryl/α,β-unsaturated/α-hetero) is 1. The first-order chi connectivity index (χ1) is 8.63. The van der Waals surface area contributed by atoms with Gasteiger partial charge in [0.1, 0.15) is 0 Å². The van der Waals surface area contributed by atoms with E-state index in [2.05, 4.69) is 33.8 Å². The van der Waals surface area contributed by atoms with E-state index in [1.54, 1.807) is 6.92 Å². The van der Waals surface area contributed by atoms with Crippen molar-refractivity contribution in [1.29, 1.82) is 0 Å². The molecule has 0 aliphatic heterocycles. The highest BCUT2D eigenvalue weighted by Gasteiger charge is 2.29. The van der Waals surface area contributed by atoms with Gasteiger partial charge in [0.15, 0.2) is 5.78 Å². The summed E-state index contributed by atoms with van der Waals surface area (Å²) in [5.41, 5.74) is 2.01. The second-order valence-corrected chi connectivity index (χ2v) is 5.85. The average molecular weight is 310 g/mol. The van der Waals surface area contributed by atoms with Gasteiger partial charge in [-0.2, -0.15) is 0 Å². The van der Waals surface area contributed by atoms with Crippen molar-refractivity contribution < 1.29 is 4.79 Å². The zero-order chi connectivity index (χ0) is 13.1. The molecule has 1 aliphatic rings. The zero-order valence-corrected chi connectivity index (χ0v) is 12.7. The molecule has 0 saturated heterocycles. The van der Waals surface area contributed by atoms with E-state index < -0.39 is 0 Å². The molecule has 0 atom stereocenters. The van der Waals surface area contributed by atoms with Crippen molar-refractivity contribution in [1.82, 2.24) is 0 Å². The van der Waals surface area contributed by atoms with Gasteiger partial charge in [0.25, 0.3) is 0 Å². The quantitative estimate of drug-likeness (QED) is 0.725. The maximum absolute atomic E-state index is 11.4. The van der Waals surface area contributed by atoms with Crippen LogP contribution in [0.2, 0.25) is 0 Å². The molecule has 1 aromatic rings. The Morgan fingerprint density at radius 1 is 1.44 bits per heavy atom. The molecular weight excluding hydrogens is 290 g/mol. The van der Waals surface area contributed by atoms with Crippen LogP contribution in [0.25, 0.3) is 0 Å². The molecule has 0 N–H and O–H groups in total. The maximum Gasteiger partial charge on any atom is 0.159 e. The van der Waals surface area contributed by atoms with Crippen molar-refractivity contribution >= 4 is 27.4 Å². The van der Waals surface area contributed by atoms with Crippen LogP contribution in [-0.4, -0.2) is 18.4 Å². The van der Waals surface area contributed by atoms with Crippen LogP contribution in [-0.2, 0) is 0 Å². The summed E-state index contributed by atoms with van der Waals surface area (Å²) in [4.78, 5) is 13.8. The third-order valence-corrected chi connectivity index (χ3v) is 4.04. The van der Waals surface area contributed by atoms with E-state index in [4.69, 9.17) is 0 Å². The lowest BCUT2D eigenvalue weighted by Gasteiger charge is -2.26. The highest BCUT2D eigenvalue weighted by molar-refractivity contribution is 9.10. The third kappa shape index (κ3) is 3.14. The van der Waals surface area contributed by atoms with E-state index in [0.29, 0.717) is 6.04 Å². The molecule has 3 heteroatoms. The third-order valence-electron chi connectivity index (χ3n) is 3.40. The smallest absolute Gasteiger partial charge is 0.159 e. The largest absolute Gasteiger partial charge is 0.368 e.